The van der Waals surface area contributed by atoms with Crippen molar-refractivity contribution in [3.63, 3.8) is 0 Å². The van der Waals surface area contributed by atoms with Gasteiger partial charge in [-0.25, -0.2) is 13.2 Å². The van der Waals surface area contributed by atoms with E-state index in [9.17, 15) is 13.2 Å². The SMILES string of the molecule is CC1COCCC1NCc1cc(F)c(F)cc1F. The summed E-state index contributed by atoms with van der Waals surface area (Å²) in [5, 5.41) is 3.17. The third kappa shape index (κ3) is 3.03. The Balaban J connectivity index is 1.99. The normalized spacial score (nSPS) is 24.2. The summed E-state index contributed by atoms with van der Waals surface area (Å²) in [5.41, 5.74) is 0.146. The molecule has 1 heterocycles. The Morgan fingerprint density at radius 3 is 2.67 bits per heavy atom. The van der Waals surface area contributed by atoms with Gasteiger partial charge in [0.25, 0.3) is 0 Å². The average molecular weight is 259 g/mol. The minimum atomic E-state index is -1.16. The summed E-state index contributed by atoms with van der Waals surface area (Å²) in [5.74, 6) is -2.57. The monoisotopic (exact) mass is 259 g/mol. The maximum absolute atomic E-state index is 13.4. The first-order valence-corrected chi connectivity index (χ1v) is 6.02. The molecular weight excluding hydrogens is 243 g/mol. The highest BCUT2D eigenvalue weighted by molar-refractivity contribution is 5.20. The second kappa shape index (κ2) is 5.71. The summed E-state index contributed by atoms with van der Waals surface area (Å²) in [6, 6.07) is 1.70. The fourth-order valence-corrected chi connectivity index (χ4v) is 2.12. The van der Waals surface area contributed by atoms with Gasteiger partial charge in [-0.05, 0) is 18.4 Å². The van der Waals surface area contributed by atoms with E-state index in [0.717, 1.165) is 12.5 Å². The predicted molar refractivity (Wildman–Crippen MR) is 61.5 cm³/mol. The molecule has 18 heavy (non-hydrogen) atoms. The topological polar surface area (TPSA) is 21.3 Å². The highest BCUT2D eigenvalue weighted by Gasteiger charge is 2.21. The zero-order valence-corrected chi connectivity index (χ0v) is 10.2. The molecule has 1 fully saturated rings. The lowest BCUT2D eigenvalue weighted by molar-refractivity contribution is 0.0385. The van der Waals surface area contributed by atoms with Gasteiger partial charge >= 0.3 is 0 Å². The van der Waals surface area contributed by atoms with E-state index in [2.05, 4.69) is 5.32 Å². The van der Waals surface area contributed by atoms with Crippen LogP contribution < -0.4 is 5.32 Å². The second-order valence-electron chi connectivity index (χ2n) is 4.69. The van der Waals surface area contributed by atoms with Crippen LogP contribution in [-0.2, 0) is 11.3 Å². The Morgan fingerprint density at radius 2 is 1.94 bits per heavy atom. The van der Waals surface area contributed by atoms with Crippen molar-refractivity contribution in [2.24, 2.45) is 5.92 Å². The summed E-state index contributed by atoms with van der Waals surface area (Å²) in [4.78, 5) is 0. The maximum Gasteiger partial charge on any atom is 0.161 e. The molecule has 0 radical (unpaired) electrons. The van der Waals surface area contributed by atoms with Gasteiger partial charge in [-0.3, -0.25) is 0 Å². The van der Waals surface area contributed by atoms with Crippen molar-refractivity contribution < 1.29 is 17.9 Å². The number of benzene rings is 1. The lowest BCUT2D eigenvalue weighted by Gasteiger charge is -2.29. The number of nitrogens with one attached hydrogen (secondary N) is 1. The maximum atomic E-state index is 13.4. The van der Waals surface area contributed by atoms with Gasteiger partial charge in [0.2, 0.25) is 0 Å². The number of hydrogen-bond acceptors (Lipinski definition) is 2. The van der Waals surface area contributed by atoms with Gasteiger partial charge in [0.1, 0.15) is 5.82 Å². The van der Waals surface area contributed by atoms with Crippen molar-refractivity contribution >= 4 is 0 Å². The Labute approximate surface area is 104 Å². The van der Waals surface area contributed by atoms with Crippen LogP contribution in [0.4, 0.5) is 13.2 Å². The van der Waals surface area contributed by atoms with Crippen LogP contribution in [0.3, 0.4) is 0 Å². The smallest absolute Gasteiger partial charge is 0.161 e. The van der Waals surface area contributed by atoms with E-state index in [1.165, 1.54) is 0 Å². The zero-order valence-electron chi connectivity index (χ0n) is 10.2. The summed E-state index contributed by atoms with van der Waals surface area (Å²) in [6.45, 7) is 3.57. The first-order valence-electron chi connectivity index (χ1n) is 6.02. The summed E-state index contributed by atoms with van der Waals surface area (Å²) < 4.78 is 44.5. The van der Waals surface area contributed by atoms with Crippen LogP contribution in [0, 0.1) is 23.4 Å². The molecule has 2 unspecified atom stereocenters. The second-order valence-corrected chi connectivity index (χ2v) is 4.69. The molecule has 0 aliphatic carbocycles. The van der Waals surface area contributed by atoms with Gasteiger partial charge < -0.3 is 10.1 Å². The van der Waals surface area contributed by atoms with Crippen LogP contribution >= 0.6 is 0 Å². The van der Waals surface area contributed by atoms with Crippen molar-refractivity contribution in [1.29, 1.82) is 0 Å². The highest BCUT2D eigenvalue weighted by atomic mass is 19.2. The Kier molecular flexibility index (Phi) is 4.24. The molecule has 1 aliphatic heterocycles. The van der Waals surface area contributed by atoms with Gasteiger partial charge in [-0.2, -0.15) is 0 Å². The van der Waals surface area contributed by atoms with Gasteiger partial charge in [0.05, 0.1) is 6.61 Å². The number of halogens is 3. The summed E-state index contributed by atoms with van der Waals surface area (Å²) in [7, 11) is 0. The van der Waals surface area contributed by atoms with E-state index in [1.807, 2.05) is 6.92 Å². The molecule has 0 amide bonds. The molecule has 0 saturated carbocycles. The Hall–Kier alpha value is -1.07. The average Bonchev–Trinajstić information content (AvgIpc) is 2.34. The molecule has 2 atom stereocenters. The van der Waals surface area contributed by atoms with Crippen LogP contribution in [0.25, 0.3) is 0 Å². The standard InChI is InChI=1S/C13H16F3NO/c1-8-7-18-3-2-13(8)17-6-9-4-11(15)12(16)5-10(9)14/h4-5,8,13,17H,2-3,6-7H2,1H3. The number of ether oxygens (including phenoxy) is 1. The van der Waals surface area contributed by atoms with E-state index in [4.69, 9.17) is 4.74 Å². The van der Waals surface area contributed by atoms with Gasteiger partial charge in [-0.1, -0.05) is 6.92 Å². The molecule has 1 aromatic rings. The van der Waals surface area contributed by atoms with E-state index < -0.39 is 17.5 Å². The number of rotatable bonds is 3. The van der Waals surface area contributed by atoms with Crippen molar-refractivity contribution in [2.75, 3.05) is 13.2 Å². The van der Waals surface area contributed by atoms with Gasteiger partial charge in [0.15, 0.2) is 11.6 Å². The van der Waals surface area contributed by atoms with Crippen LogP contribution in [0.1, 0.15) is 18.9 Å². The summed E-state index contributed by atoms with van der Waals surface area (Å²) in [6.07, 6.45) is 0.840. The van der Waals surface area contributed by atoms with Crippen molar-refractivity contribution in [3.05, 3.63) is 35.1 Å². The lowest BCUT2D eigenvalue weighted by Crippen LogP contribution is -2.41. The quantitative estimate of drug-likeness (QED) is 0.842. The van der Waals surface area contributed by atoms with Crippen molar-refractivity contribution in [3.8, 4) is 0 Å². The molecule has 1 aliphatic rings. The largest absolute Gasteiger partial charge is 0.381 e. The van der Waals surface area contributed by atoms with E-state index in [0.29, 0.717) is 25.2 Å². The molecule has 0 bridgehead atoms. The van der Waals surface area contributed by atoms with E-state index in [-0.39, 0.29) is 18.2 Å². The highest BCUT2D eigenvalue weighted by Crippen LogP contribution is 2.17. The molecule has 1 N–H and O–H groups in total. The molecule has 2 nitrogen and oxygen atoms in total. The Morgan fingerprint density at radius 1 is 1.22 bits per heavy atom. The van der Waals surface area contributed by atoms with Gasteiger partial charge in [-0.15, -0.1) is 0 Å². The van der Waals surface area contributed by atoms with E-state index in [1.54, 1.807) is 0 Å². The molecule has 100 valence electrons. The van der Waals surface area contributed by atoms with Crippen molar-refractivity contribution in [2.45, 2.75) is 25.9 Å². The summed E-state index contributed by atoms with van der Waals surface area (Å²) >= 11 is 0. The van der Waals surface area contributed by atoms with Crippen LogP contribution in [0.5, 0.6) is 0 Å². The first kappa shape index (κ1) is 13.4. The fourth-order valence-electron chi connectivity index (χ4n) is 2.12. The molecule has 2 rings (SSSR count). The molecular formula is C13H16F3NO. The third-order valence-corrected chi connectivity index (χ3v) is 3.28. The zero-order chi connectivity index (χ0) is 13.1. The lowest BCUT2D eigenvalue weighted by atomic mass is 9.97. The minimum Gasteiger partial charge on any atom is -0.381 e. The van der Waals surface area contributed by atoms with Crippen molar-refractivity contribution in [1.82, 2.24) is 5.32 Å². The third-order valence-electron chi connectivity index (χ3n) is 3.28. The molecule has 1 saturated heterocycles. The van der Waals surface area contributed by atoms with Crippen LogP contribution in [-0.4, -0.2) is 19.3 Å². The predicted octanol–water partition coefficient (Wildman–Crippen LogP) is 2.62. The molecule has 0 aromatic heterocycles. The van der Waals surface area contributed by atoms with Crippen LogP contribution in [0.2, 0.25) is 0 Å². The fraction of sp³-hybridized carbons (Fsp3) is 0.538. The minimum absolute atomic E-state index is 0.146. The number of hydrogen-bond donors (Lipinski definition) is 1. The van der Waals surface area contributed by atoms with Gasteiger partial charge in [0, 0.05) is 30.8 Å². The first-order chi connectivity index (χ1) is 8.58. The molecule has 5 heteroatoms. The van der Waals surface area contributed by atoms with Crippen LogP contribution in [0.15, 0.2) is 12.1 Å². The molecule has 1 aromatic carbocycles. The molecule has 0 spiro atoms. The van der Waals surface area contributed by atoms with E-state index >= 15 is 0 Å². The Bertz CT molecular complexity index is 425.